The van der Waals surface area contributed by atoms with E-state index in [0.29, 0.717) is 18.2 Å². The van der Waals surface area contributed by atoms with Crippen LogP contribution in [0.3, 0.4) is 0 Å². The smallest absolute Gasteiger partial charge is 0.290 e. The van der Waals surface area contributed by atoms with Crippen molar-refractivity contribution in [3.05, 3.63) is 22.7 Å². The molecule has 0 aliphatic rings. The van der Waals surface area contributed by atoms with E-state index in [2.05, 4.69) is 15.3 Å². The number of aromatic amines is 1. The van der Waals surface area contributed by atoms with Gasteiger partial charge in [0.2, 0.25) is 0 Å². The zero-order valence-corrected chi connectivity index (χ0v) is 6.56. The van der Waals surface area contributed by atoms with E-state index in [-0.39, 0.29) is 5.56 Å². The molecule has 2 N–H and O–H groups in total. The molecule has 0 bridgehead atoms. The first-order valence-corrected chi connectivity index (χ1v) is 3.71. The molecule has 0 radical (unpaired) electrons. The SMILES string of the molecule is O=c1[nH]ccnc1NCCCl. The van der Waals surface area contributed by atoms with Crippen LogP contribution in [0.25, 0.3) is 0 Å². The standard InChI is InChI=1S/C6H8ClN3O/c7-1-2-8-5-6(11)10-4-3-9-5/h3-4H,1-2H2,(H,8,9)(H,10,11). The van der Waals surface area contributed by atoms with Crippen molar-refractivity contribution >= 4 is 17.4 Å². The minimum Gasteiger partial charge on any atom is -0.364 e. The molecule has 0 spiro atoms. The van der Waals surface area contributed by atoms with Crippen LogP contribution in [0, 0.1) is 0 Å². The quantitative estimate of drug-likeness (QED) is 0.652. The fourth-order valence-corrected chi connectivity index (χ4v) is 0.738. The second-order valence-electron chi connectivity index (χ2n) is 1.88. The molecule has 0 fully saturated rings. The Bertz CT molecular complexity index is 273. The fourth-order valence-electron chi connectivity index (χ4n) is 0.643. The molecule has 0 aliphatic carbocycles. The van der Waals surface area contributed by atoms with Gasteiger partial charge in [-0.3, -0.25) is 4.79 Å². The minimum absolute atomic E-state index is 0.224. The Morgan fingerprint density at radius 3 is 3.18 bits per heavy atom. The third-order valence-electron chi connectivity index (χ3n) is 1.09. The van der Waals surface area contributed by atoms with Crippen molar-refractivity contribution in [1.82, 2.24) is 9.97 Å². The van der Waals surface area contributed by atoms with Crippen molar-refractivity contribution < 1.29 is 0 Å². The largest absolute Gasteiger partial charge is 0.364 e. The lowest BCUT2D eigenvalue weighted by Crippen LogP contribution is -2.16. The molecule has 1 aromatic rings. The predicted molar refractivity (Wildman–Crippen MR) is 44.1 cm³/mol. The third-order valence-corrected chi connectivity index (χ3v) is 1.28. The lowest BCUT2D eigenvalue weighted by atomic mass is 10.6. The van der Waals surface area contributed by atoms with Crippen molar-refractivity contribution in [1.29, 1.82) is 0 Å². The van der Waals surface area contributed by atoms with E-state index in [1.54, 1.807) is 0 Å². The highest BCUT2D eigenvalue weighted by molar-refractivity contribution is 6.18. The van der Waals surface area contributed by atoms with E-state index in [4.69, 9.17) is 11.6 Å². The van der Waals surface area contributed by atoms with Gasteiger partial charge in [0, 0.05) is 24.8 Å². The van der Waals surface area contributed by atoms with E-state index >= 15 is 0 Å². The summed E-state index contributed by atoms with van der Waals surface area (Å²) in [5, 5.41) is 2.78. The second kappa shape index (κ2) is 3.98. The average molecular weight is 174 g/mol. The third kappa shape index (κ3) is 2.23. The summed E-state index contributed by atoms with van der Waals surface area (Å²) >= 11 is 5.40. The lowest BCUT2D eigenvalue weighted by Gasteiger charge is -1.98. The molecule has 1 aromatic heterocycles. The number of hydrogen-bond acceptors (Lipinski definition) is 3. The van der Waals surface area contributed by atoms with Gasteiger partial charge in [0.1, 0.15) is 0 Å². The Hall–Kier alpha value is -1.03. The number of H-pyrrole nitrogens is 1. The van der Waals surface area contributed by atoms with E-state index in [0.717, 1.165) is 0 Å². The fraction of sp³-hybridized carbons (Fsp3) is 0.333. The maximum absolute atomic E-state index is 10.9. The predicted octanol–water partition coefficient (Wildman–Crippen LogP) is 0.421. The Morgan fingerprint density at radius 2 is 2.55 bits per heavy atom. The lowest BCUT2D eigenvalue weighted by molar-refractivity contribution is 1.09. The van der Waals surface area contributed by atoms with Crippen LogP contribution in [0.5, 0.6) is 0 Å². The van der Waals surface area contributed by atoms with Gasteiger partial charge in [-0.25, -0.2) is 4.98 Å². The summed E-state index contributed by atoms with van der Waals surface area (Å²) in [6.45, 7) is 0.543. The molecular weight excluding hydrogens is 166 g/mol. The van der Waals surface area contributed by atoms with Gasteiger partial charge in [0.25, 0.3) is 5.56 Å². The molecule has 4 nitrogen and oxygen atoms in total. The maximum atomic E-state index is 10.9. The summed E-state index contributed by atoms with van der Waals surface area (Å²) in [5.74, 6) is 0.767. The Morgan fingerprint density at radius 1 is 1.73 bits per heavy atom. The van der Waals surface area contributed by atoms with Gasteiger partial charge in [-0.05, 0) is 0 Å². The number of nitrogens with one attached hydrogen (secondary N) is 2. The van der Waals surface area contributed by atoms with Crippen LogP contribution in [-0.4, -0.2) is 22.4 Å². The van der Waals surface area contributed by atoms with Gasteiger partial charge >= 0.3 is 0 Å². The number of aromatic nitrogens is 2. The molecule has 60 valence electrons. The van der Waals surface area contributed by atoms with Crippen LogP contribution in [0.1, 0.15) is 0 Å². The molecule has 0 unspecified atom stereocenters. The number of alkyl halides is 1. The van der Waals surface area contributed by atoms with Crippen LogP contribution in [0.2, 0.25) is 0 Å². The molecule has 0 amide bonds. The first-order valence-electron chi connectivity index (χ1n) is 3.18. The molecule has 1 rings (SSSR count). The van der Waals surface area contributed by atoms with E-state index < -0.39 is 0 Å². The summed E-state index contributed by atoms with van der Waals surface area (Å²) in [6.07, 6.45) is 2.99. The van der Waals surface area contributed by atoms with Gasteiger partial charge < -0.3 is 10.3 Å². The number of rotatable bonds is 3. The first-order chi connectivity index (χ1) is 5.34. The van der Waals surface area contributed by atoms with Crippen molar-refractivity contribution in [2.45, 2.75) is 0 Å². The van der Waals surface area contributed by atoms with Crippen molar-refractivity contribution in [2.75, 3.05) is 17.7 Å². The molecule has 0 saturated carbocycles. The average Bonchev–Trinajstić information content (AvgIpc) is 2.03. The van der Waals surface area contributed by atoms with Crippen molar-refractivity contribution in [3.8, 4) is 0 Å². The van der Waals surface area contributed by atoms with Gasteiger partial charge in [-0.1, -0.05) is 0 Å². The van der Waals surface area contributed by atoms with Crippen LogP contribution in [0.15, 0.2) is 17.2 Å². The highest BCUT2D eigenvalue weighted by Crippen LogP contribution is 1.88. The van der Waals surface area contributed by atoms with Gasteiger partial charge in [0.05, 0.1) is 0 Å². The van der Waals surface area contributed by atoms with Crippen LogP contribution in [-0.2, 0) is 0 Å². The van der Waals surface area contributed by atoms with E-state index in [1.807, 2.05) is 0 Å². The number of anilines is 1. The van der Waals surface area contributed by atoms with Crippen molar-refractivity contribution in [3.63, 3.8) is 0 Å². The highest BCUT2D eigenvalue weighted by atomic mass is 35.5. The van der Waals surface area contributed by atoms with Crippen molar-refractivity contribution in [2.24, 2.45) is 0 Å². The number of halogens is 1. The first kappa shape index (κ1) is 8.07. The van der Waals surface area contributed by atoms with E-state index in [1.165, 1.54) is 12.4 Å². The summed E-state index contributed by atoms with van der Waals surface area (Å²) in [5.41, 5.74) is -0.224. The number of hydrogen-bond donors (Lipinski definition) is 2. The topological polar surface area (TPSA) is 57.8 Å². The monoisotopic (exact) mass is 173 g/mol. The summed E-state index contributed by atoms with van der Waals surface area (Å²) in [7, 11) is 0. The summed E-state index contributed by atoms with van der Waals surface area (Å²) in [4.78, 5) is 17.2. The van der Waals surface area contributed by atoms with Gasteiger partial charge in [-0.2, -0.15) is 0 Å². The van der Waals surface area contributed by atoms with Crippen LogP contribution < -0.4 is 10.9 Å². The zero-order valence-electron chi connectivity index (χ0n) is 5.80. The molecular formula is C6H8ClN3O. The van der Waals surface area contributed by atoms with E-state index in [9.17, 15) is 4.79 Å². The highest BCUT2D eigenvalue weighted by Gasteiger charge is 1.95. The Labute approximate surface area is 68.6 Å². The summed E-state index contributed by atoms with van der Waals surface area (Å²) in [6, 6.07) is 0. The maximum Gasteiger partial charge on any atom is 0.290 e. The van der Waals surface area contributed by atoms with Gasteiger partial charge in [0.15, 0.2) is 5.82 Å². The normalized spacial score (nSPS) is 9.55. The Balaban J connectivity index is 2.70. The Kier molecular flexibility index (Phi) is 2.92. The molecule has 0 aliphatic heterocycles. The minimum atomic E-state index is -0.224. The van der Waals surface area contributed by atoms with Crippen LogP contribution >= 0.6 is 11.6 Å². The molecule has 11 heavy (non-hydrogen) atoms. The van der Waals surface area contributed by atoms with Crippen LogP contribution in [0.4, 0.5) is 5.82 Å². The molecule has 5 heteroatoms. The summed E-state index contributed by atoms with van der Waals surface area (Å²) < 4.78 is 0. The zero-order chi connectivity index (χ0) is 8.10. The molecule has 1 heterocycles. The molecule has 0 aromatic carbocycles. The molecule has 0 atom stereocenters. The second-order valence-corrected chi connectivity index (χ2v) is 2.26. The van der Waals surface area contributed by atoms with Gasteiger partial charge in [-0.15, -0.1) is 11.6 Å². The molecule has 0 saturated heterocycles. The number of nitrogens with zero attached hydrogens (tertiary/aromatic N) is 1.